The maximum absolute atomic E-state index is 13.3. The van der Waals surface area contributed by atoms with Crippen molar-refractivity contribution in [1.82, 2.24) is 15.2 Å². The minimum atomic E-state index is -0.259. The summed E-state index contributed by atoms with van der Waals surface area (Å²) >= 11 is 1.37. The summed E-state index contributed by atoms with van der Waals surface area (Å²) in [6.07, 6.45) is 7.56. The number of rotatable bonds is 3. The molecule has 1 aromatic heterocycles. The molecule has 2 heterocycles. The lowest BCUT2D eigenvalue weighted by atomic mass is 9.96. The van der Waals surface area contributed by atoms with Crippen molar-refractivity contribution in [2.45, 2.75) is 57.1 Å². The van der Waals surface area contributed by atoms with Crippen LogP contribution >= 0.6 is 11.3 Å². The van der Waals surface area contributed by atoms with Gasteiger partial charge in [0.05, 0.1) is 10.2 Å². The highest BCUT2D eigenvalue weighted by atomic mass is 32.1. The minimum absolute atomic E-state index is 0.0548. The maximum Gasteiger partial charge on any atom is 0.317 e. The minimum Gasteiger partial charge on any atom is -0.467 e. The summed E-state index contributed by atoms with van der Waals surface area (Å²) in [4.78, 5) is 18.7. The number of thiazole rings is 1. The third-order valence-electron chi connectivity index (χ3n) is 5.26. The number of amides is 2. The van der Waals surface area contributed by atoms with Crippen LogP contribution in [0.5, 0.6) is 5.19 Å². The Labute approximate surface area is 156 Å². The maximum atomic E-state index is 13.3. The number of ether oxygens (including phenoxy) is 1. The molecule has 0 atom stereocenters. The van der Waals surface area contributed by atoms with Gasteiger partial charge in [-0.2, -0.15) is 0 Å². The van der Waals surface area contributed by atoms with E-state index in [9.17, 15) is 9.18 Å². The second kappa shape index (κ2) is 7.78. The number of hydrogen-bond donors (Lipinski definition) is 1. The first-order chi connectivity index (χ1) is 12.7. The Morgan fingerprint density at radius 3 is 2.73 bits per heavy atom. The lowest BCUT2D eigenvalue weighted by Crippen LogP contribution is -2.49. The molecule has 1 saturated heterocycles. The van der Waals surface area contributed by atoms with Crippen LogP contribution in [0.2, 0.25) is 0 Å². The third-order valence-corrected chi connectivity index (χ3v) is 6.17. The van der Waals surface area contributed by atoms with Crippen LogP contribution in [0, 0.1) is 5.82 Å². The lowest BCUT2D eigenvalue weighted by molar-refractivity contribution is 0.109. The number of nitrogens with zero attached hydrogens (tertiary/aromatic N) is 2. The van der Waals surface area contributed by atoms with E-state index in [0.717, 1.165) is 35.9 Å². The van der Waals surface area contributed by atoms with Gasteiger partial charge in [0.2, 0.25) is 0 Å². The van der Waals surface area contributed by atoms with Gasteiger partial charge in [-0.25, -0.2) is 14.2 Å². The average Bonchev–Trinajstić information content (AvgIpc) is 3.04. The van der Waals surface area contributed by atoms with Crippen LogP contribution in [0.15, 0.2) is 18.2 Å². The first-order valence-electron chi connectivity index (χ1n) is 9.45. The molecule has 1 aliphatic heterocycles. The van der Waals surface area contributed by atoms with Crippen LogP contribution in [0.4, 0.5) is 9.18 Å². The van der Waals surface area contributed by atoms with Gasteiger partial charge in [0.25, 0.3) is 5.19 Å². The van der Waals surface area contributed by atoms with Crippen molar-refractivity contribution in [3.05, 3.63) is 24.0 Å². The van der Waals surface area contributed by atoms with Crippen molar-refractivity contribution < 1.29 is 13.9 Å². The number of hydrogen-bond acceptors (Lipinski definition) is 4. The molecule has 1 N–H and O–H groups in total. The molecule has 0 unspecified atom stereocenters. The molecule has 0 radical (unpaired) electrons. The zero-order valence-corrected chi connectivity index (χ0v) is 15.6. The van der Waals surface area contributed by atoms with Crippen LogP contribution in [0.25, 0.3) is 10.2 Å². The normalized spacial score (nSPS) is 19.7. The van der Waals surface area contributed by atoms with Crippen LogP contribution in [0.1, 0.15) is 44.9 Å². The van der Waals surface area contributed by atoms with Gasteiger partial charge in [-0.15, -0.1) is 0 Å². The number of halogens is 1. The fourth-order valence-electron chi connectivity index (χ4n) is 3.76. The van der Waals surface area contributed by atoms with Gasteiger partial charge in [0.15, 0.2) is 0 Å². The smallest absolute Gasteiger partial charge is 0.317 e. The predicted octanol–water partition coefficient (Wildman–Crippen LogP) is 4.32. The van der Waals surface area contributed by atoms with Crippen molar-refractivity contribution >= 4 is 27.6 Å². The molecule has 26 heavy (non-hydrogen) atoms. The van der Waals surface area contributed by atoms with Gasteiger partial charge in [-0.05, 0) is 31.0 Å². The van der Waals surface area contributed by atoms with Crippen LogP contribution in [-0.4, -0.2) is 41.2 Å². The number of urea groups is 1. The fraction of sp³-hybridized carbons (Fsp3) is 0.579. The number of carbonyl (C=O) groups excluding carboxylic acids is 1. The van der Waals surface area contributed by atoms with Crippen LogP contribution in [-0.2, 0) is 0 Å². The SMILES string of the molecule is O=C(NC1CCCCC1)N1CCC(Oc2nc3ccc(F)cc3s2)CC1. The number of carbonyl (C=O) groups is 1. The Balaban J connectivity index is 1.28. The van der Waals surface area contributed by atoms with Gasteiger partial charge in [0.1, 0.15) is 11.9 Å². The molecular formula is C19H24FN3O2S. The molecule has 2 aliphatic rings. The van der Waals surface area contributed by atoms with Gasteiger partial charge >= 0.3 is 6.03 Å². The first-order valence-corrected chi connectivity index (χ1v) is 10.3. The summed E-state index contributed by atoms with van der Waals surface area (Å²) in [6, 6.07) is 4.97. The largest absolute Gasteiger partial charge is 0.467 e. The second-order valence-corrected chi connectivity index (χ2v) is 8.17. The van der Waals surface area contributed by atoms with Gasteiger partial charge in [-0.3, -0.25) is 0 Å². The second-order valence-electron chi connectivity index (χ2n) is 7.18. The fourth-order valence-corrected chi connectivity index (χ4v) is 4.67. The van der Waals surface area contributed by atoms with E-state index in [1.165, 1.54) is 42.7 Å². The molecule has 2 fully saturated rings. The third kappa shape index (κ3) is 4.09. The van der Waals surface area contributed by atoms with Crippen molar-refractivity contribution in [3.63, 3.8) is 0 Å². The van der Waals surface area contributed by atoms with E-state index < -0.39 is 0 Å². The van der Waals surface area contributed by atoms with Gasteiger partial charge < -0.3 is 15.0 Å². The standard InChI is InChI=1S/C19H24FN3O2S/c20-13-6-7-16-17(12-13)26-19(22-16)25-15-8-10-23(11-9-15)18(24)21-14-4-2-1-3-5-14/h6-7,12,14-15H,1-5,8-11H2,(H,21,24). The Morgan fingerprint density at radius 2 is 1.96 bits per heavy atom. The summed E-state index contributed by atoms with van der Waals surface area (Å²) in [7, 11) is 0. The van der Waals surface area contributed by atoms with Crippen LogP contribution < -0.4 is 10.1 Å². The molecule has 1 aromatic carbocycles. The Morgan fingerprint density at radius 1 is 1.19 bits per heavy atom. The highest BCUT2D eigenvalue weighted by Gasteiger charge is 2.26. The molecule has 5 nitrogen and oxygen atoms in total. The van der Waals surface area contributed by atoms with Gasteiger partial charge in [-0.1, -0.05) is 30.6 Å². The summed E-state index contributed by atoms with van der Waals surface area (Å²) < 4.78 is 20.1. The lowest BCUT2D eigenvalue weighted by Gasteiger charge is -2.33. The van der Waals surface area contributed by atoms with E-state index in [-0.39, 0.29) is 18.0 Å². The van der Waals surface area contributed by atoms with E-state index >= 15 is 0 Å². The molecule has 1 saturated carbocycles. The highest BCUT2D eigenvalue weighted by Crippen LogP contribution is 2.30. The topological polar surface area (TPSA) is 54.5 Å². The van der Waals surface area contributed by atoms with Gasteiger partial charge in [0, 0.05) is 32.0 Å². The van der Waals surface area contributed by atoms with E-state index in [4.69, 9.17) is 4.74 Å². The Bertz CT molecular complexity index is 767. The Hall–Kier alpha value is -1.89. The molecular weight excluding hydrogens is 353 g/mol. The first kappa shape index (κ1) is 17.5. The van der Waals surface area contributed by atoms with E-state index in [0.29, 0.717) is 24.3 Å². The predicted molar refractivity (Wildman–Crippen MR) is 100 cm³/mol. The molecule has 0 bridgehead atoms. The van der Waals surface area contributed by atoms with E-state index in [1.54, 1.807) is 6.07 Å². The quantitative estimate of drug-likeness (QED) is 0.867. The number of aromatic nitrogens is 1. The molecule has 1 aliphatic carbocycles. The average molecular weight is 377 g/mol. The molecule has 7 heteroatoms. The molecule has 140 valence electrons. The zero-order chi connectivity index (χ0) is 17.9. The zero-order valence-electron chi connectivity index (χ0n) is 14.7. The van der Waals surface area contributed by atoms with Crippen molar-refractivity contribution in [3.8, 4) is 5.19 Å². The summed E-state index contributed by atoms with van der Waals surface area (Å²) in [6.45, 7) is 1.39. The highest BCUT2D eigenvalue weighted by molar-refractivity contribution is 7.20. The summed E-state index contributed by atoms with van der Waals surface area (Å²) in [5, 5.41) is 3.76. The Kier molecular flexibility index (Phi) is 5.24. The number of likely N-dealkylation sites (tertiary alicyclic amines) is 1. The summed E-state index contributed by atoms with van der Waals surface area (Å²) in [5.41, 5.74) is 0.760. The van der Waals surface area contributed by atoms with Crippen molar-refractivity contribution in [2.75, 3.05) is 13.1 Å². The van der Waals surface area contributed by atoms with E-state index in [2.05, 4.69) is 10.3 Å². The molecule has 2 aromatic rings. The molecule has 0 spiro atoms. The number of piperidine rings is 1. The van der Waals surface area contributed by atoms with Crippen molar-refractivity contribution in [2.24, 2.45) is 0 Å². The summed E-state index contributed by atoms with van der Waals surface area (Å²) in [5.74, 6) is -0.259. The van der Waals surface area contributed by atoms with Crippen LogP contribution in [0.3, 0.4) is 0 Å². The number of fused-ring (bicyclic) bond motifs is 1. The number of nitrogens with one attached hydrogen (secondary N) is 1. The number of benzene rings is 1. The monoisotopic (exact) mass is 377 g/mol. The van der Waals surface area contributed by atoms with Crippen molar-refractivity contribution in [1.29, 1.82) is 0 Å². The van der Waals surface area contributed by atoms with E-state index in [1.807, 2.05) is 4.90 Å². The molecule has 4 rings (SSSR count). The molecule has 2 amide bonds.